The summed E-state index contributed by atoms with van der Waals surface area (Å²) in [4.78, 5) is 18.1. The largest absolute Gasteiger partial charge is 0.373 e. The Hall–Kier alpha value is -2.18. The second-order valence-corrected chi connectivity index (χ2v) is 6.83. The Labute approximate surface area is 148 Å². The fourth-order valence-electron chi connectivity index (χ4n) is 2.27. The van der Waals surface area contributed by atoms with E-state index in [1.165, 1.54) is 9.56 Å². The molecule has 2 heterocycles. The quantitative estimate of drug-likeness (QED) is 0.744. The number of nitrogens with zero attached hydrogens (tertiary/aromatic N) is 3. The lowest BCUT2D eigenvalue weighted by atomic mass is 10.3. The molecule has 1 aromatic carbocycles. The van der Waals surface area contributed by atoms with Crippen molar-refractivity contribution in [1.29, 1.82) is 0 Å². The monoisotopic (exact) mass is 360 g/mol. The second-order valence-electron chi connectivity index (χ2n) is 5.31. The van der Waals surface area contributed by atoms with E-state index in [0.717, 1.165) is 11.4 Å². The Morgan fingerprint density at radius 1 is 1.29 bits per heavy atom. The minimum Gasteiger partial charge on any atom is -0.373 e. The zero-order valence-corrected chi connectivity index (χ0v) is 14.9. The van der Waals surface area contributed by atoms with Gasteiger partial charge in [0.05, 0.1) is 23.6 Å². The molecule has 1 unspecified atom stereocenters. The molecule has 0 aliphatic rings. The third-order valence-electron chi connectivity index (χ3n) is 3.58. The first-order valence-electron chi connectivity index (χ1n) is 7.64. The molecule has 7 heteroatoms. The molecule has 2 aromatic heterocycles. The summed E-state index contributed by atoms with van der Waals surface area (Å²) < 4.78 is 1.29. The van der Waals surface area contributed by atoms with Gasteiger partial charge in [-0.05, 0) is 25.5 Å². The lowest BCUT2D eigenvalue weighted by Gasteiger charge is -2.14. The lowest BCUT2D eigenvalue weighted by molar-refractivity contribution is 0.798. The van der Waals surface area contributed by atoms with Gasteiger partial charge in [0.15, 0.2) is 0 Å². The van der Waals surface area contributed by atoms with Crippen molar-refractivity contribution in [2.75, 3.05) is 5.32 Å². The van der Waals surface area contributed by atoms with Gasteiger partial charge in [-0.2, -0.15) is 9.78 Å². The molecule has 124 valence electrons. The van der Waals surface area contributed by atoms with Crippen molar-refractivity contribution in [3.05, 3.63) is 68.0 Å². The van der Waals surface area contributed by atoms with Gasteiger partial charge in [0, 0.05) is 11.1 Å². The molecule has 0 aliphatic heterocycles. The maximum absolute atomic E-state index is 12.5. The van der Waals surface area contributed by atoms with Crippen molar-refractivity contribution < 1.29 is 0 Å². The van der Waals surface area contributed by atoms with E-state index in [9.17, 15) is 4.79 Å². The van der Waals surface area contributed by atoms with Crippen molar-refractivity contribution >= 4 is 28.6 Å². The molecule has 5 nitrogen and oxygen atoms in total. The van der Waals surface area contributed by atoms with Crippen molar-refractivity contribution in [1.82, 2.24) is 14.8 Å². The van der Waals surface area contributed by atoms with Crippen LogP contribution in [0.3, 0.4) is 0 Å². The molecule has 0 saturated carbocycles. The van der Waals surface area contributed by atoms with Gasteiger partial charge in [-0.25, -0.2) is 4.98 Å². The number of para-hydroxylation sites is 1. The van der Waals surface area contributed by atoms with E-state index in [4.69, 9.17) is 11.6 Å². The van der Waals surface area contributed by atoms with Gasteiger partial charge in [0.1, 0.15) is 10.0 Å². The summed E-state index contributed by atoms with van der Waals surface area (Å²) in [6, 6.07) is 9.14. The van der Waals surface area contributed by atoms with Crippen molar-refractivity contribution in [2.45, 2.75) is 26.3 Å². The number of hydrogen-bond acceptors (Lipinski definition) is 5. The first kappa shape index (κ1) is 16.7. The minimum absolute atomic E-state index is 0.0541. The molecule has 1 atom stereocenters. The number of rotatable bonds is 5. The predicted octanol–water partition coefficient (Wildman–Crippen LogP) is 4.08. The summed E-state index contributed by atoms with van der Waals surface area (Å²) in [5.41, 5.74) is 0.833. The number of halogens is 1. The standard InChI is InChI=1S/C17H17ClN4OS/c1-3-13-9-19-16(24-13)11(2)21-14-10-20-22(17(23)15(14)18)12-7-5-4-6-8-12/h4-11,21H,3H2,1-2H3. The number of hydrogen-bond donors (Lipinski definition) is 1. The van der Waals surface area contributed by atoms with E-state index >= 15 is 0 Å². The molecule has 1 N–H and O–H groups in total. The van der Waals surface area contributed by atoms with Gasteiger partial charge in [0.25, 0.3) is 5.56 Å². The van der Waals surface area contributed by atoms with E-state index in [-0.39, 0.29) is 16.6 Å². The van der Waals surface area contributed by atoms with Gasteiger partial charge < -0.3 is 5.32 Å². The highest BCUT2D eigenvalue weighted by Gasteiger charge is 2.15. The molecule has 0 saturated heterocycles. The van der Waals surface area contributed by atoms with E-state index in [1.807, 2.05) is 43.5 Å². The molecule has 0 fully saturated rings. The summed E-state index contributed by atoms with van der Waals surface area (Å²) in [7, 11) is 0. The van der Waals surface area contributed by atoms with Crippen LogP contribution in [0.5, 0.6) is 0 Å². The average molecular weight is 361 g/mol. The topological polar surface area (TPSA) is 59.8 Å². The highest BCUT2D eigenvalue weighted by atomic mass is 35.5. The van der Waals surface area contributed by atoms with E-state index in [0.29, 0.717) is 11.4 Å². The van der Waals surface area contributed by atoms with Crippen LogP contribution in [0.15, 0.2) is 47.5 Å². The van der Waals surface area contributed by atoms with Crippen LogP contribution in [0.2, 0.25) is 5.02 Å². The third kappa shape index (κ3) is 3.34. The zero-order valence-electron chi connectivity index (χ0n) is 13.4. The van der Waals surface area contributed by atoms with Crippen molar-refractivity contribution in [2.24, 2.45) is 0 Å². The molecule has 0 spiro atoms. The maximum atomic E-state index is 12.5. The van der Waals surface area contributed by atoms with E-state index in [1.54, 1.807) is 17.5 Å². The van der Waals surface area contributed by atoms with Gasteiger partial charge in [0.2, 0.25) is 0 Å². The van der Waals surface area contributed by atoms with Crippen LogP contribution < -0.4 is 10.9 Å². The summed E-state index contributed by atoms with van der Waals surface area (Å²) in [6.45, 7) is 4.08. The van der Waals surface area contributed by atoms with Crippen molar-refractivity contribution in [3.63, 3.8) is 0 Å². The van der Waals surface area contributed by atoms with Crippen LogP contribution in [0, 0.1) is 0 Å². The van der Waals surface area contributed by atoms with E-state index < -0.39 is 0 Å². The van der Waals surface area contributed by atoms with Crippen LogP contribution in [-0.4, -0.2) is 14.8 Å². The SMILES string of the molecule is CCc1cnc(C(C)Nc2cnn(-c3ccccc3)c(=O)c2Cl)s1. The first-order chi connectivity index (χ1) is 11.6. The number of nitrogens with one attached hydrogen (secondary N) is 1. The number of aromatic nitrogens is 3. The normalized spacial score (nSPS) is 12.1. The molecule has 0 bridgehead atoms. The number of benzene rings is 1. The van der Waals surface area contributed by atoms with Crippen LogP contribution in [0.4, 0.5) is 5.69 Å². The van der Waals surface area contributed by atoms with Gasteiger partial charge in [-0.1, -0.05) is 36.7 Å². The van der Waals surface area contributed by atoms with Crippen LogP contribution in [0.25, 0.3) is 5.69 Å². The zero-order chi connectivity index (χ0) is 17.1. The number of aryl methyl sites for hydroxylation is 1. The Balaban J connectivity index is 1.87. The number of thiazole rings is 1. The van der Waals surface area contributed by atoms with Gasteiger partial charge >= 0.3 is 0 Å². The molecular weight excluding hydrogens is 344 g/mol. The smallest absolute Gasteiger partial charge is 0.292 e. The van der Waals surface area contributed by atoms with Crippen LogP contribution in [0.1, 0.15) is 29.8 Å². The molecular formula is C17H17ClN4OS. The summed E-state index contributed by atoms with van der Waals surface area (Å²) in [5, 5.41) is 8.51. The lowest BCUT2D eigenvalue weighted by Crippen LogP contribution is -2.23. The minimum atomic E-state index is -0.353. The van der Waals surface area contributed by atoms with E-state index in [2.05, 4.69) is 22.3 Å². The Morgan fingerprint density at radius 3 is 2.71 bits per heavy atom. The summed E-state index contributed by atoms with van der Waals surface area (Å²) >= 11 is 7.91. The van der Waals surface area contributed by atoms with Crippen LogP contribution >= 0.6 is 22.9 Å². The summed E-state index contributed by atoms with van der Waals surface area (Å²) in [5.74, 6) is 0. The molecule has 3 aromatic rings. The molecule has 0 aliphatic carbocycles. The molecule has 3 rings (SSSR count). The average Bonchev–Trinajstić information content (AvgIpc) is 3.09. The molecule has 24 heavy (non-hydrogen) atoms. The van der Waals surface area contributed by atoms with Crippen LogP contribution in [-0.2, 0) is 6.42 Å². The molecule has 0 radical (unpaired) electrons. The highest BCUT2D eigenvalue weighted by Crippen LogP contribution is 2.26. The summed E-state index contributed by atoms with van der Waals surface area (Å²) in [6.07, 6.45) is 4.41. The Bertz CT molecular complexity index is 891. The Morgan fingerprint density at radius 2 is 2.04 bits per heavy atom. The Kier molecular flexibility index (Phi) is 4.97. The van der Waals surface area contributed by atoms with Gasteiger partial charge in [-0.3, -0.25) is 4.79 Å². The highest BCUT2D eigenvalue weighted by molar-refractivity contribution is 7.11. The third-order valence-corrected chi connectivity index (χ3v) is 5.27. The molecule has 0 amide bonds. The second kappa shape index (κ2) is 7.15. The maximum Gasteiger partial charge on any atom is 0.292 e. The fraction of sp³-hybridized carbons (Fsp3) is 0.235. The number of anilines is 1. The predicted molar refractivity (Wildman–Crippen MR) is 98.4 cm³/mol. The van der Waals surface area contributed by atoms with Gasteiger partial charge in [-0.15, -0.1) is 11.3 Å². The van der Waals surface area contributed by atoms with Crippen molar-refractivity contribution in [3.8, 4) is 5.69 Å². The first-order valence-corrected chi connectivity index (χ1v) is 8.84. The fourth-order valence-corrected chi connectivity index (χ4v) is 3.31.